The summed E-state index contributed by atoms with van der Waals surface area (Å²) in [7, 11) is 0. The van der Waals surface area contributed by atoms with Gasteiger partial charge >= 0.3 is 0 Å². The van der Waals surface area contributed by atoms with Gasteiger partial charge in [-0.05, 0) is 69.2 Å². The maximum absolute atomic E-state index is 13.6. The highest BCUT2D eigenvalue weighted by molar-refractivity contribution is 5.82. The first-order valence-electron chi connectivity index (χ1n) is 12.2. The van der Waals surface area contributed by atoms with Crippen LogP contribution in [0.25, 0.3) is 0 Å². The lowest BCUT2D eigenvalue weighted by atomic mass is 9.92. The van der Waals surface area contributed by atoms with E-state index in [1.54, 1.807) is 6.20 Å². The number of nitrogens with zero attached hydrogens (tertiary/aromatic N) is 3. The lowest BCUT2D eigenvalue weighted by Gasteiger charge is -2.38. The third-order valence-electron chi connectivity index (χ3n) is 8.06. The van der Waals surface area contributed by atoms with Crippen LogP contribution in [0.3, 0.4) is 0 Å². The number of likely N-dealkylation sites (tertiary alicyclic amines) is 1. The number of nitrogens with one attached hydrogen (secondary N) is 2. The Morgan fingerprint density at radius 2 is 1.90 bits per heavy atom. The van der Waals surface area contributed by atoms with Gasteiger partial charge in [0.25, 0.3) is 0 Å². The van der Waals surface area contributed by atoms with Crippen LogP contribution in [0.1, 0.15) is 63.4 Å². The summed E-state index contributed by atoms with van der Waals surface area (Å²) in [6, 6.07) is 5.28. The van der Waals surface area contributed by atoms with E-state index in [-0.39, 0.29) is 11.9 Å². The first-order chi connectivity index (χ1) is 14.8. The van der Waals surface area contributed by atoms with Crippen LogP contribution < -0.4 is 10.9 Å². The summed E-state index contributed by atoms with van der Waals surface area (Å²) in [4.78, 5) is 22.8. The van der Waals surface area contributed by atoms with Gasteiger partial charge in [-0.15, -0.1) is 0 Å². The lowest BCUT2D eigenvalue weighted by molar-refractivity contribution is -0.135. The predicted molar refractivity (Wildman–Crippen MR) is 117 cm³/mol. The Hall–Kier alpha value is -1.50. The molecule has 2 N–H and O–H groups in total. The van der Waals surface area contributed by atoms with Crippen LogP contribution in [0.4, 0.5) is 0 Å². The number of hydrogen-bond donors (Lipinski definition) is 2. The molecule has 1 aromatic rings. The molecule has 0 spiro atoms. The second-order valence-electron chi connectivity index (χ2n) is 9.97. The number of piperidine rings is 1. The summed E-state index contributed by atoms with van der Waals surface area (Å²) in [5.74, 6) is 1.33. The second-order valence-corrected chi connectivity index (χ2v) is 9.97. The van der Waals surface area contributed by atoms with Crippen molar-refractivity contribution < 1.29 is 4.79 Å². The number of hydrogen-bond acceptors (Lipinski definition) is 5. The van der Waals surface area contributed by atoms with Gasteiger partial charge < -0.3 is 9.80 Å². The van der Waals surface area contributed by atoms with Gasteiger partial charge in [0.2, 0.25) is 5.91 Å². The predicted octanol–water partition coefficient (Wildman–Crippen LogP) is 2.71. The molecule has 4 aliphatic rings. The van der Waals surface area contributed by atoms with Crippen molar-refractivity contribution in [3.8, 4) is 0 Å². The fourth-order valence-corrected chi connectivity index (χ4v) is 6.34. The van der Waals surface area contributed by atoms with E-state index >= 15 is 0 Å². The summed E-state index contributed by atoms with van der Waals surface area (Å²) < 4.78 is 0. The highest BCUT2D eigenvalue weighted by Gasteiger charge is 2.44. The molecule has 2 saturated carbocycles. The van der Waals surface area contributed by atoms with E-state index < -0.39 is 0 Å². The molecule has 6 nitrogen and oxygen atoms in total. The minimum Gasteiger partial charge on any atom is -0.337 e. The minimum atomic E-state index is -0.0762. The number of hydrazine groups is 1. The molecule has 3 unspecified atom stereocenters. The molecule has 5 rings (SSSR count). The summed E-state index contributed by atoms with van der Waals surface area (Å²) >= 11 is 0. The van der Waals surface area contributed by atoms with Crippen molar-refractivity contribution >= 4 is 5.91 Å². The largest absolute Gasteiger partial charge is 0.337 e. The van der Waals surface area contributed by atoms with Gasteiger partial charge in [-0.25, -0.2) is 5.43 Å². The first-order valence-corrected chi connectivity index (χ1v) is 12.2. The van der Waals surface area contributed by atoms with Gasteiger partial charge in [0.1, 0.15) is 6.04 Å². The van der Waals surface area contributed by atoms with E-state index in [1.165, 1.54) is 64.5 Å². The van der Waals surface area contributed by atoms with E-state index in [9.17, 15) is 4.79 Å². The number of pyridine rings is 1. The van der Waals surface area contributed by atoms with Crippen molar-refractivity contribution in [2.75, 3.05) is 19.6 Å². The van der Waals surface area contributed by atoms with Crippen LogP contribution in [0.15, 0.2) is 24.5 Å². The van der Waals surface area contributed by atoms with Crippen molar-refractivity contribution in [3.63, 3.8) is 0 Å². The number of fused-ring (bicyclic) bond motifs is 1. The number of rotatable bonds is 6. The highest BCUT2D eigenvalue weighted by atomic mass is 16.2. The Morgan fingerprint density at radius 3 is 2.67 bits per heavy atom. The van der Waals surface area contributed by atoms with E-state index in [1.807, 2.05) is 12.3 Å². The smallest absolute Gasteiger partial charge is 0.241 e. The van der Waals surface area contributed by atoms with Crippen LogP contribution in [-0.4, -0.2) is 58.5 Å². The molecule has 2 aliphatic heterocycles. The Morgan fingerprint density at radius 1 is 1.07 bits per heavy atom. The van der Waals surface area contributed by atoms with E-state index in [4.69, 9.17) is 0 Å². The minimum absolute atomic E-state index is 0.0762. The highest BCUT2D eigenvalue weighted by Crippen LogP contribution is 2.33. The molecule has 0 radical (unpaired) electrons. The number of carbonyl (C=O) groups excluding carboxylic acids is 1. The Balaban J connectivity index is 1.24. The van der Waals surface area contributed by atoms with Crippen molar-refractivity contribution in [2.24, 2.45) is 11.8 Å². The molecule has 164 valence electrons. The average Bonchev–Trinajstić information content (AvgIpc) is 3.52. The molecule has 3 atom stereocenters. The van der Waals surface area contributed by atoms with Gasteiger partial charge in [0.05, 0.1) is 0 Å². The van der Waals surface area contributed by atoms with Crippen LogP contribution in [0.2, 0.25) is 0 Å². The molecule has 0 bridgehead atoms. The number of aromatic nitrogens is 1. The van der Waals surface area contributed by atoms with Crippen molar-refractivity contribution in [3.05, 3.63) is 30.1 Å². The standard InChI is InChI=1S/C24H37N5O/c30-24(23-21-8-3-9-22(21)26-27-23)29(17-19-5-4-12-25-15-19)16-18-10-13-28(14-11-18)20-6-1-2-7-20/h4-5,12,15,18,20-23,26-27H,1-3,6-11,13-14,16-17H2. The van der Waals surface area contributed by atoms with Crippen molar-refractivity contribution in [1.82, 2.24) is 25.6 Å². The monoisotopic (exact) mass is 411 g/mol. The normalized spacial score (nSPS) is 30.6. The summed E-state index contributed by atoms with van der Waals surface area (Å²) in [6.45, 7) is 3.96. The van der Waals surface area contributed by atoms with Crippen LogP contribution in [0, 0.1) is 11.8 Å². The molecule has 2 saturated heterocycles. The molecule has 4 fully saturated rings. The molecule has 1 aromatic heterocycles. The maximum Gasteiger partial charge on any atom is 0.241 e. The topological polar surface area (TPSA) is 60.5 Å². The average molecular weight is 412 g/mol. The van der Waals surface area contributed by atoms with Gasteiger partial charge in [0, 0.05) is 43.5 Å². The molecule has 30 heavy (non-hydrogen) atoms. The van der Waals surface area contributed by atoms with E-state index in [0.717, 1.165) is 24.6 Å². The molecule has 3 heterocycles. The van der Waals surface area contributed by atoms with Crippen molar-refractivity contribution in [2.45, 2.75) is 82.5 Å². The van der Waals surface area contributed by atoms with Crippen LogP contribution in [0.5, 0.6) is 0 Å². The Bertz CT molecular complexity index is 699. The maximum atomic E-state index is 13.6. The van der Waals surface area contributed by atoms with Gasteiger partial charge in [-0.2, -0.15) is 0 Å². The summed E-state index contributed by atoms with van der Waals surface area (Å²) in [6.07, 6.45) is 15.3. The van der Waals surface area contributed by atoms with Gasteiger partial charge in [-0.1, -0.05) is 25.3 Å². The lowest BCUT2D eigenvalue weighted by Crippen LogP contribution is -2.50. The quantitative estimate of drug-likeness (QED) is 0.754. The van der Waals surface area contributed by atoms with E-state index in [2.05, 4.69) is 31.7 Å². The van der Waals surface area contributed by atoms with Crippen molar-refractivity contribution in [1.29, 1.82) is 0 Å². The first kappa shape index (κ1) is 20.4. The second kappa shape index (κ2) is 9.33. The Kier molecular flexibility index (Phi) is 6.34. The fraction of sp³-hybridized carbons (Fsp3) is 0.750. The van der Waals surface area contributed by atoms with Gasteiger partial charge in [0.15, 0.2) is 0 Å². The zero-order chi connectivity index (χ0) is 20.3. The third kappa shape index (κ3) is 4.41. The third-order valence-corrected chi connectivity index (χ3v) is 8.06. The number of amides is 1. The molecule has 2 aliphatic carbocycles. The number of carbonyl (C=O) groups is 1. The molecule has 1 amide bonds. The molecular formula is C24H37N5O. The SMILES string of the molecule is O=C(C1NNC2CCCC21)N(Cc1cccnc1)CC1CCN(C2CCCC2)CC1. The molecule has 6 heteroatoms. The van der Waals surface area contributed by atoms with E-state index in [0.29, 0.717) is 24.4 Å². The molecular weight excluding hydrogens is 374 g/mol. The molecule has 0 aromatic carbocycles. The summed E-state index contributed by atoms with van der Waals surface area (Å²) in [5.41, 5.74) is 7.86. The van der Waals surface area contributed by atoms with Crippen LogP contribution in [-0.2, 0) is 11.3 Å². The fourth-order valence-electron chi connectivity index (χ4n) is 6.34. The zero-order valence-electron chi connectivity index (χ0n) is 18.1. The Labute approximate surface area is 180 Å². The zero-order valence-corrected chi connectivity index (χ0v) is 18.1. The van der Waals surface area contributed by atoms with Gasteiger partial charge in [-0.3, -0.25) is 15.2 Å². The van der Waals surface area contributed by atoms with Crippen LogP contribution >= 0.6 is 0 Å². The summed E-state index contributed by atoms with van der Waals surface area (Å²) in [5, 5.41) is 0.